The van der Waals surface area contributed by atoms with Crippen LogP contribution in [-0.2, 0) is 4.74 Å². The van der Waals surface area contributed by atoms with Crippen LogP contribution in [0.3, 0.4) is 0 Å². The van der Waals surface area contributed by atoms with E-state index in [2.05, 4.69) is 0 Å². The minimum absolute atomic E-state index is 0.00370. The van der Waals surface area contributed by atoms with E-state index in [4.69, 9.17) is 14.9 Å². The molecule has 0 aliphatic heterocycles. The van der Waals surface area contributed by atoms with Gasteiger partial charge in [0.1, 0.15) is 0 Å². The minimum atomic E-state index is -0.843. The summed E-state index contributed by atoms with van der Waals surface area (Å²) in [5.74, 6) is -0.206. The highest BCUT2D eigenvalue weighted by atomic mass is 16.6. The van der Waals surface area contributed by atoms with Crippen molar-refractivity contribution < 1.29 is 14.9 Å². The Morgan fingerprint density at radius 1 is 1.30 bits per heavy atom. The Labute approximate surface area is 61.6 Å². The first-order valence-corrected chi connectivity index (χ1v) is 3.52. The number of hydrogen-bond acceptors (Lipinski definition) is 3. The van der Waals surface area contributed by atoms with E-state index in [1.165, 1.54) is 0 Å². The summed E-state index contributed by atoms with van der Waals surface area (Å²) in [6.07, 6.45) is -0.839. The maximum atomic E-state index is 9.11. The van der Waals surface area contributed by atoms with Crippen molar-refractivity contribution in [2.45, 2.75) is 33.2 Å². The van der Waals surface area contributed by atoms with E-state index in [0.717, 1.165) is 0 Å². The van der Waals surface area contributed by atoms with E-state index in [1.807, 2.05) is 13.8 Å². The lowest BCUT2D eigenvalue weighted by molar-refractivity contribution is -0.159. The molecule has 0 rings (SSSR count). The summed E-state index contributed by atoms with van der Waals surface area (Å²) in [4.78, 5) is 0. The molecule has 0 aromatic rings. The Balaban J connectivity index is 3.50. The van der Waals surface area contributed by atoms with Crippen molar-refractivity contribution in [3.63, 3.8) is 0 Å². The van der Waals surface area contributed by atoms with E-state index in [1.54, 1.807) is 6.92 Å². The largest absolute Gasteiger partial charge is 0.396 e. The highest BCUT2D eigenvalue weighted by Crippen LogP contribution is 2.05. The third-order valence-electron chi connectivity index (χ3n) is 1.19. The van der Waals surface area contributed by atoms with Gasteiger partial charge in [-0.1, -0.05) is 6.92 Å². The first kappa shape index (κ1) is 9.88. The molecule has 0 heterocycles. The van der Waals surface area contributed by atoms with Crippen molar-refractivity contribution in [1.82, 2.24) is 0 Å². The molecule has 2 atom stereocenters. The van der Waals surface area contributed by atoms with Crippen LogP contribution in [0.4, 0.5) is 0 Å². The van der Waals surface area contributed by atoms with Gasteiger partial charge in [-0.15, -0.1) is 0 Å². The van der Waals surface area contributed by atoms with Crippen LogP contribution in [0.2, 0.25) is 0 Å². The van der Waals surface area contributed by atoms with Crippen LogP contribution >= 0.6 is 0 Å². The fraction of sp³-hybridized carbons (Fsp3) is 1.00. The molecular formula is C7H16O3. The monoisotopic (exact) mass is 148 g/mol. The molecule has 0 aliphatic carbocycles. The normalized spacial score (nSPS) is 17.4. The van der Waals surface area contributed by atoms with Crippen molar-refractivity contribution in [2.24, 2.45) is 5.92 Å². The first-order chi connectivity index (χ1) is 4.57. The lowest BCUT2D eigenvalue weighted by Gasteiger charge is -2.19. The van der Waals surface area contributed by atoms with Crippen molar-refractivity contribution >= 4 is 0 Å². The van der Waals surface area contributed by atoms with Gasteiger partial charge in [0, 0.05) is 5.92 Å². The molecule has 0 aromatic heterocycles. The van der Waals surface area contributed by atoms with Crippen LogP contribution in [0.5, 0.6) is 0 Å². The number of hydrogen-bond donors (Lipinski definition) is 2. The highest BCUT2D eigenvalue weighted by molar-refractivity contribution is 4.53. The van der Waals surface area contributed by atoms with E-state index in [-0.39, 0.29) is 18.6 Å². The van der Waals surface area contributed by atoms with Gasteiger partial charge >= 0.3 is 0 Å². The van der Waals surface area contributed by atoms with Crippen LogP contribution < -0.4 is 0 Å². The molecule has 2 N–H and O–H groups in total. The zero-order valence-corrected chi connectivity index (χ0v) is 6.74. The summed E-state index contributed by atoms with van der Waals surface area (Å²) in [6, 6.07) is 0. The van der Waals surface area contributed by atoms with Gasteiger partial charge in [-0.2, -0.15) is 0 Å². The summed E-state index contributed by atoms with van der Waals surface area (Å²) in [5.41, 5.74) is 0. The molecule has 2 unspecified atom stereocenters. The molecule has 0 radical (unpaired) electrons. The second kappa shape index (κ2) is 4.66. The Kier molecular flexibility index (Phi) is 4.60. The number of rotatable bonds is 4. The van der Waals surface area contributed by atoms with Gasteiger partial charge in [-0.3, -0.25) is 0 Å². The number of ether oxygens (including phenoxy) is 1. The molecule has 3 heteroatoms. The second-order valence-corrected chi connectivity index (χ2v) is 2.74. The molecule has 0 saturated heterocycles. The third-order valence-corrected chi connectivity index (χ3v) is 1.19. The summed E-state index contributed by atoms with van der Waals surface area (Å²) in [5, 5.41) is 17.7. The highest BCUT2D eigenvalue weighted by Gasteiger charge is 2.14. The molecule has 0 amide bonds. The molecule has 62 valence electrons. The lowest BCUT2D eigenvalue weighted by Crippen LogP contribution is -2.26. The molecular weight excluding hydrogens is 132 g/mol. The van der Waals surface area contributed by atoms with Crippen molar-refractivity contribution in [3.05, 3.63) is 0 Å². The van der Waals surface area contributed by atoms with E-state index in [9.17, 15) is 0 Å². The maximum absolute atomic E-state index is 9.11. The Morgan fingerprint density at radius 2 is 1.80 bits per heavy atom. The van der Waals surface area contributed by atoms with Crippen LogP contribution in [0.15, 0.2) is 0 Å². The van der Waals surface area contributed by atoms with Crippen LogP contribution in [0.25, 0.3) is 0 Å². The smallest absolute Gasteiger partial charge is 0.159 e. The molecule has 0 aliphatic rings. The standard InChI is InChI=1S/C7H16O3/c1-5(2)10-7(9)6(3)4-8/h5-9H,4H2,1-3H3. The van der Waals surface area contributed by atoms with Crippen LogP contribution in [0.1, 0.15) is 20.8 Å². The number of aliphatic hydroxyl groups is 2. The van der Waals surface area contributed by atoms with Gasteiger partial charge in [0.25, 0.3) is 0 Å². The SMILES string of the molecule is CC(C)OC(O)C(C)CO. The van der Waals surface area contributed by atoms with Gasteiger partial charge in [0.05, 0.1) is 12.7 Å². The van der Waals surface area contributed by atoms with Gasteiger partial charge in [-0.05, 0) is 13.8 Å². The lowest BCUT2D eigenvalue weighted by atomic mass is 10.2. The summed E-state index contributed by atoms with van der Waals surface area (Å²) in [7, 11) is 0. The molecule has 0 spiro atoms. The molecule has 0 bridgehead atoms. The van der Waals surface area contributed by atoms with E-state index < -0.39 is 6.29 Å². The Morgan fingerprint density at radius 3 is 2.10 bits per heavy atom. The maximum Gasteiger partial charge on any atom is 0.159 e. The average molecular weight is 148 g/mol. The zero-order valence-electron chi connectivity index (χ0n) is 6.74. The summed E-state index contributed by atoms with van der Waals surface area (Å²) >= 11 is 0. The van der Waals surface area contributed by atoms with Crippen molar-refractivity contribution in [1.29, 1.82) is 0 Å². The predicted octanol–water partition coefficient (Wildman–Crippen LogP) is 0.358. The van der Waals surface area contributed by atoms with Crippen molar-refractivity contribution in [3.8, 4) is 0 Å². The van der Waals surface area contributed by atoms with E-state index >= 15 is 0 Å². The summed E-state index contributed by atoms with van der Waals surface area (Å²) < 4.78 is 5.00. The molecule has 0 saturated carbocycles. The predicted molar refractivity (Wildman–Crippen MR) is 38.5 cm³/mol. The van der Waals surface area contributed by atoms with Crippen LogP contribution in [-0.4, -0.2) is 29.2 Å². The van der Waals surface area contributed by atoms with Crippen LogP contribution in [0, 0.1) is 5.92 Å². The molecule has 0 fully saturated rings. The van der Waals surface area contributed by atoms with Gasteiger partial charge in [-0.25, -0.2) is 0 Å². The minimum Gasteiger partial charge on any atom is -0.396 e. The van der Waals surface area contributed by atoms with E-state index in [0.29, 0.717) is 0 Å². The second-order valence-electron chi connectivity index (χ2n) is 2.74. The Hall–Kier alpha value is -0.120. The van der Waals surface area contributed by atoms with Gasteiger partial charge in [0.2, 0.25) is 0 Å². The topological polar surface area (TPSA) is 49.7 Å². The fourth-order valence-electron chi connectivity index (χ4n) is 0.503. The van der Waals surface area contributed by atoms with Gasteiger partial charge in [0.15, 0.2) is 6.29 Å². The fourth-order valence-corrected chi connectivity index (χ4v) is 0.503. The Bertz CT molecular complexity index is 82.9. The number of aliphatic hydroxyl groups excluding tert-OH is 2. The zero-order chi connectivity index (χ0) is 8.15. The van der Waals surface area contributed by atoms with Gasteiger partial charge < -0.3 is 14.9 Å². The average Bonchev–Trinajstić information content (AvgIpc) is 1.85. The first-order valence-electron chi connectivity index (χ1n) is 3.52. The summed E-state index contributed by atoms with van der Waals surface area (Å²) in [6.45, 7) is 5.36. The molecule has 3 nitrogen and oxygen atoms in total. The third kappa shape index (κ3) is 3.82. The quantitative estimate of drug-likeness (QED) is 0.566. The molecule has 10 heavy (non-hydrogen) atoms. The van der Waals surface area contributed by atoms with Crippen molar-refractivity contribution in [2.75, 3.05) is 6.61 Å². The molecule has 0 aromatic carbocycles.